The van der Waals surface area contributed by atoms with E-state index in [4.69, 9.17) is 5.73 Å². The van der Waals surface area contributed by atoms with Crippen LogP contribution in [0.5, 0.6) is 0 Å². The van der Waals surface area contributed by atoms with Crippen LogP contribution in [0.2, 0.25) is 0 Å². The Balaban J connectivity index is 2.10. The van der Waals surface area contributed by atoms with Crippen molar-refractivity contribution in [2.75, 3.05) is 13.1 Å². The number of amides is 2. The Morgan fingerprint density at radius 2 is 2.10 bits per heavy atom. The maximum Gasteiger partial charge on any atom is 0.253 e. The topological polar surface area (TPSA) is 63.4 Å². The van der Waals surface area contributed by atoms with Crippen molar-refractivity contribution in [3.05, 3.63) is 35.4 Å². The Morgan fingerprint density at radius 1 is 1.35 bits per heavy atom. The molecule has 1 aliphatic heterocycles. The minimum absolute atomic E-state index is 0.00824. The number of hydrogen-bond acceptors (Lipinski definition) is 2. The van der Waals surface area contributed by atoms with Gasteiger partial charge in [-0.2, -0.15) is 0 Å². The number of benzene rings is 1. The summed E-state index contributed by atoms with van der Waals surface area (Å²) in [5, 5.41) is 0. The fourth-order valence-electron chi connectivity index (χ4n) is 2.88. The predicted molar refractivity (Wildman–Crippen MR) is 78.5 cm³/mol. The van der Waals surface area contributed by atoms with Crippen LogP contribution in [0.3, 0.4) is 0 Å². The molecule has 1 atom stereocenters. The van der Waals surface area contributed by atoms with Crippen LogP contribution >= 0.6 is 0 Å². The molecule has 4 nitrogen and oxygen atoms in total. The van der Waals surface area contributed by atoms with Gasteiger partial charge in [0.15, 0.2) is 0 Å². The Morgan fingerprint density at radius 3 is 2.80 bits per heavy atom. The van der Waals surface area contributed by atoms with Crippen molar-refractivity contribution in [3.63, 3.8) is 0 Å². The zero-order valence-electron chi connectivity index (χ0n) is 12.0. The van der Waals surface area contributed by atoms with Crippen molar-refractivity contribution < 1.29 is 9.59 Å². The minimum atomic E-state index is -0.498. The summed E-state index contributed by atoms with van der Waals surface area (Å²) in [4.78, 5) is 25.6. The Bertz CT molecular complexity index is 497. The van der Waals surface area contributed by atoms with Crippen molar-refractivity contribution in [2.24, 2.45) is 11.7 Å². The van der Waals surface area contributed by atoms with Gasteiger partial charge in [0.2, 0.25) is 5.91 Å². The number of carbonyl (C=O) groups excluding carboxylic acids is 2. The number of hydrogen-bond donors (Lipinski definition) is 1. The van der Waals surface area contributed by atoms with Gasteiger partial charge >= 0.3 is 0 Å². The summed E-state index contributed by atoms with van der Waals surface area (Å²) in [6, 6.07) is 6.68. The fraction of sp³-hybridized carbons (Fsp3) is 0.500. The Kier molecular flexibility index (Phi) is 4.77. The lowest BCUT2D eigenvalue weighted by Gasteiger charge is -2.32. The van der Waals surface area contributed by atoms with Gasteiger partial charge in [-0.3, -0.25) is 9.59 Å². The van der Waals surface area contributed by atoms with Crippen LogP contribution in [-0.2, 0) is 0 Å². The van der Waals surface area contributed by atoms with Crippen LogP contribution < -0.4 is 5.73 Å². The number of nitrogens with two attached hydrogens (primary N) is 1. The molecule has 0 bridgehead atoms. The first-order valence-electron chi connectivity index (χ1n) is 7.31. The summed E-state index contributed by atoms with van der Waals surface area (Å²) in [5.74, 6) is 0.119. The maximum atomic E-state index is 12.5. The Hall–Kier alpha value is -1.84. The zero-order valence-corrected chi connectivity index (χ0v) is 12.0. The van der Waals surface area contributed by atoms with Gasteiger partial charge in [-0.1, -0.05) is 19.4 Å². The lowest BCUT2D eigenvalue weighted by Crippen LogP contribution is -2.40. The molecule has 1 saturated heterocycles. The molecule has 1 fully saturated rings. The van der Waals surface area contributed by atoms with E-state index in [1.165, 1.54) is 12.8 Å². The first-order chi connectivity index (χ1) is 9.61. The van der Waals surface area contributed by atoms with Crippen molar-refractivity contribution in [1.29, 1.82) is 0 Å². The third-order valence-electron chi connectivity index (χ3n) is 3.90. The van der Waals surface area contributed by atoms with E-state index in [1.807, 2.05) is 4.90 Å². The molecule has 0 spiro atoms. The second-order valence-corrected chi connectivity index (χ2v) is 5.49. The molecule has 2 amide bonds. The summed E-state index contributed by atoms with van der Waals surface area (Å²) in [5.41, 5.74) is 6.20. The molecule has 2 N–H and O–H groups in total. The van der Waals surface area contributed by atoms with E-state index in [0.29, 0.717) is 17.0 Å². The lowest BCUT2D eigenvalue weighted by atomic mass is 9.93. The third kappa shape index (κ3) is 3.38. The summed E-state index contributed by atoms with van der Waals surface area (Å²) < 4.78 is 0. The van der Waals surface area contributed by atoms with E-state index in [-0.39, 0.29) is 5.91 Å². The molecule has 1 aromatic rings. The van der Waals surface area contributed by atoms with Crippen LogP contribution in [0, 0.1) is 5.92 Å². The molecule has 0 aliphatic carbocycles. The molecule has 1 aliphatic rings. The average molecular weight is 274 g/mol. The summed E-state index contributed by atoms with van der Waals surface area (Å²) >= 11 is 0. The van der Waals surface area contributed by atoms with E-state index in [2.05, 4.69) is 6.92 Å². The molecular weight excluding hydrogens is 252 g/mol. The van der Waals surface area contributed by atoms with Gasteiger partial charge in [0.05, 0.1) is 0 Å². The monoisotopic (exact) mass is 274 g/mol. The van der Waals surface area contributed by atoms with Gasteiger partial charge in [0, 0.05) is 24.2 Å². The quantitative estimate of drug-likeness (QED) is 0.916. The number of carbonyl (C=O) groups is 2. The van der Waals surface area contributed by atoms with E-state index in [1.54, 1.807) is 24.3 Å². The smallest absolute Gasteiger partial charge is 0.253 e. The van der Waals surface area contributed by atoms with Crippen LogP contribution in [0.25, 0.3) is 0 Å². The third-order valence-corrected chi connectivity index (χ3v) is 3.90. The second-order valence-electron chi connectivity index (χ2n) is 5.49. The van der Waals surface area contributed by atoms with Crippen molar-refractivity contribution in [3.8, 4) is 0 Å². The van der Waals surface area contributed by atoms with E-state index < -0.39 is 5.91 Å². The number of likely N-dealkylation sites (tertiary alicyclic amines) is 1. The normalized spacial score (nSPS) is 18.9. The van der Waals surface area contributed by atoms with Gasteiger partial charge in [-0.15, -0.1) is 0 Å². The highest BCUT2D eigenvalue weighted by atomic mass is 16.2. The molecule has 0 saturated carbocycles. The number of piperidine rings is 1. The number of primary amides is 1. The SMILES string of the molecule is CCCC1CCCN(C(=O)c2cccc(C(N)=O)c2)C1. The molecule has 2 rings (SSSR count). The molecule has 0 aromatic heterocycles. The molecular formula is C16H22N2O2. The van der Waals surface area contributed by atoms with Gasteiger partial charge in [-0.05, 0) is 43.4 Å². The predicted octanol–water partition coefficient (Wildman–Crippen LogP) is 2.44. The minimum Gasteiger partial charge on any atom is -0.366 e. The highest BCUT2D eigenvalue weighted by molar-refractivity contribution is 5.99. The summed E-state index contributed by atoms with van der Waals surface area (Å²) in [6.07, 6.45) is 4.60. The van der Waals surface area contributed by atoms with Gasteiger partial charge < -0.3 is 10.6 Å². The zero-order chi connectivity index (χ0) is 14.5. The second kappa shape index (κ2) is 6.55. The fourth-order valence-corrected chi connectivity index (χ4v) is 2.88. The highest BCUT2D eigenvalue weighted by Gasteiger charge is 2.24. The molecule has 4 heteroatoms. The van der Waals surface area contributed by atoms with Gasteiger partial charge in [0.25, 0.3) is 5.91 Å². The van der Waals surface area contributed by atoms with Gasteiger partial charge in [0.1, 0.15) is 0 Å². The highest BCUT2D eigenvalue weighted by Crippen LogP contribution is 2.22. The molecule has 0 radical (unpaired) electrons. The number of nitrogens with zero attached hydrogens (tertiary/aromatic N) is 1. The summed E-state index contributed by atoms with van der Waals surface area (Å²) in [7, 11) is 0. The standard InChI is InChI=1S/C16H22N2O2/c1-2-5-12-6-4-9-18(11-12)16(20)14-8-3-7-13(10-14)15(17)19/h3,7-8,10,12H,2,4-6,9,11H2,1H3,(H2,17,19). The number of rotatable bonds is 4. The maximum absolute atomic E-state index is 12.5. The van der Waals surface area contributed by atoms with Crippen molar-refractivity contribution >= 4 is 11.8 Å². The van der Waals surface area contributed by atoms with E-state index >= 15 is 0 Å². The first-order valence-corrected chi connectivity index (χ1v) is 7.31. The van der Waals surface area contributed by atoms with Crippen LogP contribution in [0.15, 0.2) is 24.3 Å². The van der Waals surface area contributed by atoms with Crippen LogP contribution in [-0.4, -0.2) is 29.8 Å². The van der Waals surface area contributed by atoms with Crippen molar-refractivity contribution in [2.45, 2.75) is 32.6 Å². The van der Waals surface area contributed by atoms with E-state index in [0.717, 1.165) is 25.9 Å². The lowest BCUT2D eigenvalue weighted by molar-refractivity contribution is 0.0667. The molecule has 1 heterocycles. The first kappa shape index (κ1) is 14.6. The van der Waals surface area contributed by atoms with Crippen molar-refractivity contribution in [1.82, 2.24) is 4.90 Å². The van der Waals surface area contributed by atoms with Crippen LogP contribution in [0.4, 0.5) is 0 Å². The van der Waals surface area contributed by atoms with Gasteiger partial charge in [-0.25, -0.2) is 0 Å². The Labute approximate surface area is 119 Å². The average Bonchev–Trinajstić information content (AvgIpc) is 2.47. The molecule has 1 aromatic carbocycles. The largest absolute Gasteiger partial charge is 0.366 e. The molecule has 1 unspecified atom stereocenters. The van der Waals surface area contributed by atoms with Crippen LogP contribution in [0.1, 0.15) is 53.3 Å². The molecule has 108 valence electrons. The van der Waals surface area contributed by atoms with E-state index in [9.17, 15) is 9.59 Å². The molecule has 20 heavy (non-hydrogen) atoms. The summed E-state index contributed by atoms with van der Waals surface area (Å²) in [6.45, 7) is 3.81.